The van der Waals surface area contributed by atoms with Crippen molar-refractivity contribution in [1.82, 2.24) is 4.90 Å². The number of hydrogen-bond acceptors (Lipinski definition) is 2. The maximum absolute atomic E-state index is 12.8. The van der Waals surface area contributed by atoms with Gasteiger partial charge in [0.05, 0.1) is 0 Å². The highest BCUT2D eigenvalue weighted by molar-refractivity contribution is 6.07. The van der Waals surface area contributed by atoms with E-state index in [1.807, 2.05) is 47.4 Å². The number of likely N-dealkylation sites (tertiary alicyclic amines) is 1. The van der Waals surface area contributed by atoms with Crippen LogP contribution < -0.4 is 5.73 Å². The Morgan fingerprint density at radius 3 is 2.70 bits per heavy atom. The largest absolute Gasteiger partial charge is 0.337 e. The predicted molar refractivity (Wildman–Crippen MR) is 81.6 cm³/mol. The Labute approximate surface area is 119 Å². The minimum atomic E-state index is 0.0951. The first kappa shape index (κ1) is 13.1. The van der Waals surface area contributed by atoms with E-state index in [4.69, 9.17) is 5.73 Å². The van der Waals surface area contributed by atoms with Crippen LogP contribution in [0.1, 0.15) is 23.7 Å². The molecule has 0 radical (unpaired) electrons. The quantitative estimate of drug-likeness (QED) is 0.864. The Balaban J connectivity index is 1.96. The molecule has 2 atom stereocenters. The van der Waals surface area contributed by atoms with Crippen molar-refractivity contribution in [3.05, 3.63) is 48.0 Å². The number of amides is 1. The summed E-state index contributed by atoms with van der Waals surface area (Å²) in [5.74, 6) is 0.571. The van der Waals surface area contributed by atoms with Gasteiger partial charge in [-0.15, -0.1) is 0 Å². The van der Waals surface area contributed by atoms with Gasteiger partial charge in [0.25, 0.3) is 5.91 Å². The molecular weight excluding hydrogens is 248 g/mol. The standard InChI is InChI=1S/C17H20N2O/c1-12-9-14(18)11-19(10-12)17(20)16-8-4-6-13-5-2-3-7-15(13)16/h2-8,12,14H,9-11,18H2,1H3. The lowest BCUT2D eigenvalue weighted by Crippen LogP contribution is -2.48. The number of nitrogens with two attached hydrogens (primary N) is 1. The Kier molecular flexibility index (Phi) is 3.45. The van der Waals surface area contributed by atoms with E-state index in [0.29, 0.717) is 12.5 Å². The summed E-state index contributed by atoms with van der Waals surface area (Å²) < 4.78 is 0. The molecule has 104 valence electrons. The van der Waals surface area contributed by atoms with E-state index in [1.165, 1.54) is 0 Å². The summed E-state index contributed by atoms with van der Waals surface area (Å²) in [6, 6.07) is 14.0. The molecule has 3 rings (SSSR count). The van der Waals surface area contributed by atoms with Gasteiger partial charge in [-0.1, -0.05) is 43.3 Å². The minimum Gasteiger partial charge on any atom is -0.337 e. The van der Waals surface area contributed by atoms with Crippen molar-refractivity contribution in [1.29, 1.82) is 0 Å². The van der Waals surface area contributed by atoms with Gasteiger partial charge < -0.3 is 10.6 Å². The third-order valence-corrected chi connectivity index (χ3v) is 4.00. The van der Waals surface area contributed by atoms with Gasteiger partial charge in [0.2, 0.25) is 0 Å². The first-order chi connectivity index (χ1) is 9.65. The second kappa shape index (κ2) is 5.25. The molecule has 0 spiro atoms. The zero-order valence-electron chi connectivity index (χ0n) is 11.8. The lowest BCUT2D eigenvalue weighted by molar-refractivity contribution is 0.0663. The van der Waals surface area contributed by atoms with Crippen LogP contribution in [0.5, 0.6) is 0 Å². The number of hydrogen-bond donors (Lipinski definition) is 1. The van der Waals surface area contributed by atoms with Crippen molar-refractivity contribution in [2.45, 2.75) is 19.4 Å². The van der Waals surface area contributed by atoms with E-state index in [1.54, 1.807) is 0 Å². The van der Waals surface area contributed by atoms with Crippen LogP contribution in [0, 0.1) is 5.92 Å². The number of rotatable bonds is 1. The molecule has 2 aromatic rings. The summed E-state index contributed by atoms with van der Waals surface area (Å²) >= 11 is 0. The van der Waals surface area contributed by atoms with Gasteiger partial charge in [0.1, 0.15) is 0 Å². The summed E-state index contributed by atoms with van der Waals surface area (Å²) in [4.78, 5) is 14.7. The molecule has 1 aliphatic rings. The van der Waals surface area contributed by atoms with Gasteiger partial charge in [-0.2, -0.15) is 0 Å². The Morgan fingerprint density at radius 2 is 1.90 bits per heavy atom. The molecular formula is C17H20N2O. The van der Waals surface area contributed by atoms with Crippen LogP contribution in [0.2, 0.25) is 0 Å². The SMILES string of the molecule is CC1CC(N)CN(C(=O)c2cccc3ccccc23)C1. The van der Waals surface area contributed by atoms with Gasteiger partial charge >= 0.3 is 0 Å². The lowest BCUT2D eigenvalue weighted by atomic mass is 9.95. The number of carbonyl (C=O) groups is 1. The zero-order valence-corrected chi connectivity index (χ0v) is 11.8. The zero-order chi connectivity index (χ0) is 14.1. The van der Waals surface area contributed by atoms with Crippen LogP contribution >= 0.6 is 0 Å². The summed E-state index contributed by atoms with van der Waals surface area (Å²) in [7, 11) is 0. The van der Waals surface area contributed by atoms with Crippen molar-refractivity contribution in [2.75, 3.05) is 13.1 Å². The highest BCUT2D eigenvalue weighted by Crippen LogP contribution is 2.23. The fraction of sp³-hybridized carbons (Fsp3) is 0.353. The average molecular weight is 268 g/mol. The molecule has 1 amide bonds. The normalized spacial score (nSPS) is 23.0. The van der Waals surface area contributed by atoms with E-state index >= 15 is 0 Å². The molecule has 1 heterocycles. The summed E-state index contributed by atoms with van der Waals surface area (Å²) in [5.41, 5.74) is 6.83. The van der Waals surface area contributed by atoms with Crippen LogP contribution in [0.3, 0.4) is 0 Å². The minimum absolute atomic E-state index is 0.0951. The van der Waals surface area contributed by atoms with E-state index in [2.05, 4.69) is 6.92 Å². The van der Waals surface area contributed by atoms with Crippen molar-refractivity contribution < 1.29 is 4.79 Å². The Morgan fingerprint density at radius 1 is 1.15 bits per heavy atom. The van der Waals surface area contributed by atoms with Gasteiger partial charge in [-0.3, -0.25) is 4.79 Å². The lowest BCUT2D eigenvalue weighted by Gasteiger charge is -2.35. The van der Waals surface area contributed by atoms with Crippen LogP contribution in [0.15, 0.2) is 42.5 Å². The van der Waals surface area contributed by atoms with Crippen LogP contribution in [0.4, 0.5) is 0 Å². The highest BCUT2D eigenvalue weighted by atomic mass is 16.2. The van der Waals surface area contributed by atoms with Crippen LogP contribution in [-0.4, -0.2) is 29.9 Å². The molecule has 2 N–H and O–H groups in total. The van der Waals surface area contributed by atoms with Gasteiger partial charge in [0, 0.05) is 24.7 Å². The first-order valence-corrected chi connectivity index (χ1v) is 7.18. The molecule has 1 fully saturated rings. The molecule has 0 bridgehead atoms. The molecule has 2 aromatic carbocycles. The third-order valence-electron chi connectivity index (χ3n) is 4.00. The molecule has 20 heavy (non-hydrogen) atoms. The molecule has 0 saturated carbocycles. The molecule has 3 heteroatoms. The second-order valence-corrected chi connectivity index (χ2v) is 5.84. The highest BCUT2D eigenvalue weighted by Gasteiger charge is 2.27. The second-order valence-electron chi connectivity index (χ2n) is 5.84. The average Bonchev–Trinajstić information content (AvgIpc) is 2.45. The fourth-order valence-corrected chi connectivity index (χ4v) is 3.15. The number of carbonyl (C=O) groups excluding carboxylic acids is 1. The van der Waals surface area contributed by atoms with E-state index in [0.717, 1.165) is 29.3 Å². The summed E-state index contributed by atoms with van der Waals surface area (Å²) in [6.45, 7) is 3.62. The van der Waals surface area contributed by atoms with Crippen LogP contribution in [-0.2, 0) is 0 Å². The van der Waals surface area contributed by atoms with E-state index < -0.39 is 0 Å². The third kappa shape index (κ3) is 2.41. The van der Waals surface area contributed by atoms with Crippen LogP contribution in [0.25, 0.3) is 10.8 Å². The van der Waals surface area contributed by atoms with E-state index in [9.17, 15) is 4.79 Å². The molecule has 2 unspecified atom stereocenters. The van der Waals surface area contributed by atoms with Crippen molar-refractivity contribution in [3.8, 4) is 0 Å². The number of fused-ring (bicyclic) bond motifs is 1. The number of benzene rings is 2. The Bertz CT molecular complexity index is 622. The predicted octanol–water partition coefficient (Wildman–Crippen LogP) is 2.65. The molecule has 1 saturated heterocycles. The molecule has 0 aliphatic carbocycles. The fourth-order valence-electron chi connectivity index (χ4n) is 3.15. The summed E-state index contributed by atoms with van der Waals surface area (Å²) in [5, 5.41) is 2.12. The maximum atomic E-state index is 12.8. The number of piperidine rings is 1. The monoisotopic (exact) mass is 268 g/mol. The molecule has 3 nitrogen and oxygen atoms in total. The molecule has 0 aromatic heterocycles. The van der Waals surface area contributed by atoms with Gasteiger partial charge in [0.15, 0.2) is 0 Å². The van der Waals surface area contributed by atoms with Crippen molar-refractivity contribution >= 4 is 16.7 Å². The maximum Gasteiger partial charge on any atom is 0.254 e. The van der Waals surface area contributed by atoms with Crippen molar-refractivity contribution in [3.63, 3.8) is 0 Å². The van der Waals surface area contributed by atoms with Gasteiger partial charge in [-0.05, 0) is 29.2 Å². The Hall–Kier alpha value is -1.87. The number of nitrogens with zero attached hydrogens (tertiary/aromatic N) is 1. The smallest absolute Gasteiger partial charge is 0.254 e. The summed E-state index contributed by atoms with van der Waals surface area (Å²) in [6.07, 6.45) is 0.999. The van der Waals surface area contributed by atoms with E-state index in [-0.39, 0.29) is 11.9 Å². The van der Waals surface area contributed by atoms with Crippen molar-refractivity contribution in [2.24, 2.45) is 11.7 Å². The molecule has 1 aliphatic heterocycles. The van der Waals surface area contributed by atoms with Gasteiger partial charge in [-0.25, -0.2) is 0 Å². The first-order valence-electron chi connectivity index (χ1n) is 7.18. The topological polar surface area (TPSA) is 46.3 Å².